The maximum absolute atomic E-state index is 12.6. The Morgan fingerprint density at radius 1 is 1.12 bits per heavy atom. The van der Waals surface area contributed by atoms with Crippen molar-refractivity contribution in [2.75, 3.05) is 5.32 Å². The third kappa shape index (κ3) is 2.34. The molecule has 0 bridgehead atoms. The van der Waals surface area contributed by atoms with Gasteiger partial charge in [-0.3, -0.25) is 4.79 Å². The van der Waals surface area contributed by atoms with Gasteiger partial charge in [-0.1, -0.05) is 30.3 Å². The van der Waals surface area contributed by atoms with E-state index in [9.17, 15) is 9.59 Å². The molecule has 0 radical (unpaired) electrons. The lowest BCUT2D eigenvalue weighted by Crippen LogP contribution is -2.22. The van der Waals surface area contributed by atoms with E-state index >= 15 is 0 Å². The topological polar surface area (TPSA) is 73.2 Å². The van der Waals surface area contributed by atoms with Gasteiger partial charge in [-0.15, -0.1) is 0 Å². The van der Waals surface area contributed by atoms with E-state index in [1.165, 1.54) is 0 Å². The zero-order valence-electron chi connectivity index (χ0n) is 12.5. The van der Waals surface area contributed by atoms with Gasteiger partial charge in [-0.05, 0) is 18.2 Å². The number of cyclic esters (lactones) is 1. The van der Waals surface area contributed by atoms with Gasteiger partial charge >= 0.3 is 5.97 Å². The first-order valence-corrected chi connectivity index (χ1v) is 7.42. The van der Waals surface area contributed by atoms with Gasteiger partial charge < -0.3 is 14.6 Å². The van der Waals surface area contributed by atoms with E-state index in [2.05, 4.69) is 10.3 Å². The molecule has 24 heavy (non-hydrogen) atoms. The molecular weight excluding hydrogens is 306 g/mol. The van der Waals surface area contributed by atoms with Gasteiger partial charge in [0.15, 0.2) is 0 Å². The fourth-order valence-corrected chi connectivity index (χ4v) is 2.74. The Morgan fingerprint density at radius 2 is 1.92 bits per heavy atom. The highest BCUT2D eigenvalue weighted by Gasteiger charge is 2.36. The molecule has 1 aliphatic heterocycles. The lowest BCUT2D eigenvalue weighted by molar-refractivity contribution is -0.124. The third-order valence-electron chi connectivity index (χ3n) is 3.87. The average molecular weight is 319 g/mol. The molecule has 1 atom stereocenters. The van der Waals surface area contributed by atoms with Crippen molar-refractivity contribution in [1.29, 1.82) is 0 Å². The number of ether oxygens (including phenoxy) is 1. The second-order valence-corrected chi connectivity index (χ2v) is 5.35. The number of carbonyl (C=O) groups is 2. The predicted octanol–water partition coefficient (Wildman–Crippen LogP) is 2.72. The van der Waals surface area contributed by atoms with Crippen LogP contribution in [0.1, 0.15) is 22.0 Å². The number of benzene rings is 2. The van der Waals surface area contributed by atoms with E-state index in [4.69, 9.17) is 4.74 Å². The standard InChI is InChI=1S/C18H13N3O3/c22-17(16-12-5-1-2-6-13(12)18(23)24-16)20-14-7-3-4-8-15(14)21-10-9-19-11-21/h1-11,16H,(H,20,22). The zero-order valence-corrected chi connectivity index (χ0v) is 12.5. The molecule has 2 aromatic carbocycles. The van der Waals surface area contributed by atoms with Crippen molar-refractivity contribution in [3.05, 3.63) is 78.4 Å². The highest BCUT2D eigenvalue weighted by atomic mass is 16.6. The molecule has 1 aromatic heterocycles. The van der Waals surface area contributed by atoms with Crippen LogP contribution in [0.3, 0.4) is 0 Å². The van der Waals surface area contributed by atoms with Gasteiger partial charge in [0.05, 0.1) is 23.3 Å². The number of imidazole rings is 1. The van der Waals surface area contributed by atoms with Crippen LogP contribution >= 0.6 is 0 Å². The molecule has 2 heterocycles. The first-order chi connectivity index (χ1) is 11.7. The SMILES string of the molecule is O=C1OC(C(=O)Nc2ccccc2-n2ccnc2)c2ccccc21. The third-order valence-corrected chi connectivity index (χ3v) is 3.87. The highest BCUT2D eigenvalue weighted by Crippen LogP contribution is 2.32. The fourth-order valence-electron chi connectivity index (χ4n) is 2.74. The van der Waals surface area contributed by atoms with E-state index in [-0.39, 0.29) is 5.91 Å². The van der Waals surface area contributed by atoms with E-state index in [1.54, 1.807) is 53.6 Å². The Labute approximate surface area is 137 Å². The van der Waals surface area contributed by atoms with Gasteiger partial charge in [-0.2, -0.15) is 0 Å². The van der Waals surface area contributed by atoms with Gasteiger partial charge in [0, 0.05) is 18.0 Å². The van der Waals surface area contributed by atoms with Crippen LogP contribution in [0.5, 0.6) is 0 Å². The van der Waals surface area contributed by atoms with Gasteiger partial charge in [0.2, 0.25) is 6.10 Å². The van der Waals surface area contributed by atoms with E-state index < -0.39 is 12.1 Å². The maximum atomic E-state index is 12.6. The minimum Gasteiger partial charge on any atom is -0.444 e. The summed E-state index contributed by atoms with van der Waals surface area (Å²) in [5.74, 6) is -0.866. The minimum absolute atomic E-state index is 0.388. The lowest BCUT2D eigenvalue weighted by atomic mass is 10.0. The van der Waals surface area contributed by atoms with Crippen LogP contribution in [-0.2, 0) is 9.53 Å². The van der Waals surface area contributed by atoms with Crippen LogP contribution in [0.25, 0.3) is 5.69 Å². The number of aromatic nitrogens is 2. The predicted molar refractivity (Wildman–Crippen MR) is 86.8 cm³/mol. The molecule has 6 nitrogen and oxygen atoms in total. The summed E-state index contributed by atoms with van der Waals surface area (Å²) in [6, 6.07) is 14.3. The molecule has 1 amide bonds. The molecule has 4 rings (SSSR count). The molecule has 0 saturated heterocycles. The van der Waals surface area contributed by atoms with E-state index in [0.29, 0.717) is 16.8 Å². The van der Waals surface area contributed by atoms with Crippen LogP contribution in [0.15, 0.2) is 67.3 Å². The smallest absolute Gasteiger partial charge is 0.339 e. The number of esters is 1. The van der Waals surface area contributed by atoms with Crippen molar-refractivity contribution < 1.29 is 14.3 Å². The first-order valence-electron chi connectivity index (χ1n) is 7.42. The Morgan fingerprint density at radius 3 is 2.75 bits per heavy atom. The molecule has 118 valence electrons. The van der Waals surface area contributed by atoms with Crippen molar-refractivity contribution in [2.45, 2.75) is 6.10 Å². The summed E-state index contributed by atoms with van der Waals surface area (Å²) in [5, 5.41) is 2.84. The average Bonchev–Trinajstić information content (AvgIpc) is 3.24. The molecule has 6 heteroatoms. The normalized spacial score (nSPS) is 15.7. The number of nitrogens with zero attached hydrogens (tertiary/aromatic N) is 2. The molecule has 1 unspecified atom stereocenters. The Balaban J connectivity index is 1.64. The number of rotatable bonds is 3. The van der Waals surface area contributed by atoms with Crippen LogP contribution in [0.4, 0.5) is 5.69 Å². The molecule has 1 N–H and O–H groups in total. The molecule has 1 aliphatic rings. The van der Waals surface area contributed by atoms with Gasteiger partial charge in [-0.25, -0.2) is 9.78 Å². The summed E-state index contributed by atoms with van der Waals surface area (Å²) in [5.41, 5.74) is 2.41. The molecule has 0 aliphatic carbocycles. The van der Waals surface area contributed by atoms with Crippen molar-refractivity contribution >= 4 is 17.6 Å². The summed E-state index contributed by atoms with van der Waals surface area (Å²) in [6.07, 6.45) is 4.16. The lowest BCUT2D eigenvalue weighted by Gasteiger charge is -2.14. The number of para-hydroxylation sites is 2. The fraction of sp³-hybridized carbons (Fsp3) is 0.0556. The van der Waals surface area contributed by atoms with Gasteiger partial charge in [0.25, 0.3) is 5.91 Å². The molecule has 3 aromatic rings. The molecular formula is C18H13N3O3. The first kappa shape index (κ1) is 14.2. The number of fused-ring (bicyclic) bond motifs is 1. The van der Waals surface area contributed by atoms with Crippen molar-refractivity contribution in [1.82, 2.24) is 9.55 Å². The largest absolute Gasteiger partial charge is 0.444 e. The summed E-state index contributed by atoms with van der Waals surface area (Å²) in [6.45, 7) is 0. The van der Waals surface area contributed by atoms with E-state index in [0.717, 1.165) is 5.69 Å². The number of nitrogens with one attached hydrogen (secondary N) is 1. The Hall–Kier alpha value is -3.41. The van der Waals surface area contributed by atoms with Crippen molar-refractivity contribution in [3.63, 3.8) is 0 Å². The van der Waals surface area contributed by atoms with Gasteiger partial charge in [0.1, 0.15) is 0 Å². The molecule has 0 fully saturated rings. The summed E-state index contributed by atoms with van der Waals surface area (Å²) >= 11 is 0. The summed E-state index contributed by atoms with van der Waals surface area (Å²) in [4.78, 5) is 28.5. The molecule has 0 spiro atoms. The number of amides is 1. The monoisotopic (exact) mass is 319 g/mol. The summed E-state index contributed by atoms with van der Waals surface area (Å²) in [7, 11) is 0. The number of anilines is 1. The number of hydrogen-bond acceptors (Lipinski definition) is 4. The zero-order chi connectivity index (χ0) is 16.5. The van der Waals surface area contributed by atoms with E-state index in [1.807, 2.05) is 18.2 Å². The quantitative estimate of drug-likeness (QED) is 0.753. The highest BCUT2D eigenvalue weighted by molar-refractivity contribution is 6.04. The van der Waals surface area contributed by atoms with Crippen LogP contribution in [0, 0.1) is 0 Å². The van der Waals surface area contributed by atoms with Crippen LogP contribution in [0.2, 0.25) is 0 Å². The minimum atomic E-state index is -0.940. The second-order valence-electron chi connectivity index (χ2n) is 5.35. The van der Waals surface area contributed by atoms with Crippen LogP contribution in [-0.4, -0.2) is 21.4 Å². The Kier molecular flexibility index (Phi) is 3.35. The summed E-state index contributed by atoms with van der Waals surface area (Å²) < 4.78 is 7.02. The number of carbonyl (C=O) groups excluding carboxylic acids is 2. The van der Waals surface area contributed by atoms with Crippen molar-refractivity contribution in [2.24, 2.45) is 0 Å². The van der Waals surface area contributed by atoms with Crippen molar-refractivity contribution in [3.8, 4) is 5.69 Å². The second kappa shape index (κ2) is 5.66. The number of hydrogen-bond donors (Lipinski definition) is 1. The Bertz CT molecular complexity index is 919. The van der Waals surface area contributed by atoms with Crippen LogP contribution < -0.4 is 5.32 Å². The molecule has 0 saturated carbocycles. The maximum Gasteiger partial charge on any atom is 0.339 e.